The van der Waals surface area contributed by atoms with E-state index in [1.165, 1.54) is 6.33 Å². The van der Waals surface area contributed by atoms with Gasteiger partial charge in [-0.2, -0.15) is 10.1 Å². The van der Waals surface area contributed by atoms with Gasteiger partial charge in [-0.3, -0.25) is 4.79 Å². The summed E-state index contributed by atoms with van der Waals surface area (Å²) < 4.78 is 7.09. The Morgan fingerprint density at radius 3 is 3.14 bits per heavy atom. The van der Waals surface area contributed by atoms with Crippen molar-refractivity contribution in [1.82, 2.24) is 14.8 Å². The van der Waals surface area contributed by atoms with Crippen LogP contribution in [0.25, 0.3) is 0 Å². The molecule has 2 heterocycles. The van der Waals surface area contributed by atoms with Gasteiger partial charge in [-0.1, -0.05) is 12.1 Å². The van der Waals surface area contributed by atoms with E-state index in [1.54, 1.807) is 11.8 Å². The van der Waals surface area contributed by atoms with Crippen molar-refractivity contribution >= 4 is 11.7 Å². The van der Waals surface area contributed by atoms with Gasteiger partial charge in [0, 0.05) is 17.7 Å². The van der Waals surface area contributed by atoms with Crippen LogP contribution in [0.3, 0.4) is 0 Å². The molecule has 0 saturated carbocycles. The highest BCUT2D eigenvalue weighted by Crippen LogP contribution is 2.40. The average Bonchev–Trinajstić information content (AvgIpc) is 3.01. The van der Waals surface area contributed by atoms with Gasteiger partial charge < -0.3 is 10.1 Å². The minimum atomic E-state index is -0.239. The molecule has 0 fully saturated rings. The number of aromatic nitrogens is 3. The van der Waals surface area contributed by atoms with Crippen molar-refractivity contribution in [2.75, 3.05) is 12.4 Å². The van der Waals surface area contributed by atoms with E-state index in [0.29, 0.717) is 12.4 Å². The van der Waals surface area contributed by atoms with Crippen LogP contribution in [0.15, 0.2) is 41.9 Å². The third-order valence-corrected chi connectivity index (χ3v) is 4.22. The number of anilines is 1. The van der Waals surface area contributed by atoms with Gasteiger partial charge >= 0.3 is 0 Å². The first kappa shape index (κ1) is 13.1. The lowest BCUT2D eigenvalue weighted by Crippen LogP contribution is -2.31. The summed E-state index contributed by atoms with van der Waals surface area (Å²) in [6.45, 7) is 0. The zero-order chi connectivity index (χ0) is 15.1. The van der Waals surface area contributed by atoms with Gasteiger partial charge in [0.1, 0.15) is 18.1 Å². The SMILES string of the molecule is COc1cccc(C2C3=C(CCCC3=O)Nc3ncnn32)c1. The number of benzene rings is 1. The monoisotopic (exact) mass is 296 g/mol. The van der Waals surface area contributed by atoms with Gasteiger partial charge in [0.25, 0.3) is 0 Å². The number of fused-ring (bicyclic) bond motifs is 1. The number of rotatable bonds is 2. The molecule has 2 aromatic rings. The molecule has 112 valence electrons. The molecule has 1 aliphatic heterocycles. The molecule has 0 amide bonds. The van der Waals surface area contributed by atoms with Crippen LogP contribution in [0, 0.1) is 0 Å². The molecule has 1 N–H and O–H groups in total. The summed E-state index contributed by atoms with van der Waals surface area (Å²) in [5.74, 6) is 1.63. The van der Waals surface area contributed by atoms with E-state index in [1.807, 2.05) is 24.3 Å². The molecule has 1 aliphatic carbocycles. The molecular weight excluding hydrogens is 280 g/mol. The fraction of sp³-hybridized carbons (Fsp3) is 0.312. The van der Waals surface area contributed by atoms with Crippen molar-refractivity contribution in [3.05, 3.63) is 47.4 Å². The second-order valence-corrected chi connectivity index (χ2v) is 5.50. The van der Waals surface area contributed by atoms with Crippen LogP contribution >= 0.6 is 0 Å². The summed E-state index contributed by atoms with van der Waals surface area (Å²) in [6.07, 6.45) is 3.85. The van der Waals surface area contributed by atoms with Crippen LogP contribution in [0.2, 0.25) is 0 Å². The predicted molar refractivity (Wildman–Crippen MR) is 80.7 cm³/mol. The number of hydrogen-bond donors (Lipinski definition) is 1. The Kier molecular flexibility index (Phi) is 2.96. The van der Waals surface area contributed by atoms with E-state index in [-0.39, 0.29) is 11.8 Å². The number of ketones is 1. The summed E-state index contributed by atoms with van der Waals surface area (Å²) >= 11 is 0. The van der Waals surface area contributed by atoms with Crippen molar-refractivity contribution in [3.8, 4) is 5.75 Å². The molecule has 2 aliphatic rings. The molecule has 0 saturated heterocycles. The quantitative estimate of drug-likeness (QED) is 0.921. The van der Waals surface area contributed by atoms with Crippen LogP contribution in [0.4, 0.5) is 5.95 Å². The van der Waals surface area contributed by atoms with Gasteiger partial charge in [0.2, 0.25) is 5.95 Å². The highest BCUT2D eigenvalue weighted by atomic mass is 16.5. The Hall–Kier alpha value is -2.63. The van der Waals surface area contributed by atoms with E-state index in [4.69, 9.17) is 4.74 Å². The van der Waals surface area contributed by atoms with Crippen molar-refractivity contribution in [1.29, 1.82) is 0 Å². The molecule has 1 atom stereocenters. The first-order valence-electron chi connectivity index (χ1n) is 7.34. The first-order valence-corrected chi connectivity index (χ1v) is 7.34. The van der Waals surface area contributed by atoms with Gasteiger partial charge in [0.15, 0.2) is 5.78 Å². The van der Waals surface area contributed by atoms with Crippen LogP contribution < -0.4 is 10.1 Å². The zero-order valence-corrected chi connectivity index (χ0v) is 12.2. The Labute approximate surface area is 127 Å². The maximum absolute atomic E-state index is 12.5. The molecule has 0 bridgehead atoms. The van der Waals surface area contributed by atoms with Gasteiger partial charge in [0.05, 0.1) is 7.11 Å². The molecule has 22 heavy (non-hydrogen) atoms. The van der Waals surface area contributed by atoms with Crippen molar-refractivity contribution in [2.24, 2.45) is 0 Å². The van der Waals surface area contributed by atoms with Crippen molar-refractivity contribution in [2.45, 2.75) is 25.3 Å². The molecule has 6 nitrogen and oxygen atoms in total. The molecule has 1 aromatic heterocycles. The topological polar surface area (TPSA) is 69.0 Å². The minimum Gasteiger partial charge on any atom is -0.497 e. The lowest BCUT2D eigenvalue weighted by molar-refractivity contribution is -0.116. The number of hydrogen-bond acceptors (Lipinski definition) is 5. The van der Waals surface area contributed by atoms with Crippen molar-refractivity contribution < 1.29 is 9.53 Å². The van der Waals surface area contributed by atoms with Gasteiger partial charge in [-0.15, -0.1) is 0 Å². The van der Waals surface area contributed by atoms with Crippen LogP contribution in [-0.2, 0) is 4.79 Å². The third-order valence-electron chi connectivity index (χ3n) is 4.22. The van der Waals surface area contributed by atoms with Crippen LogP contribution in [0.1, 0.15) is 30.9 Å². The number of carbonyl (C=O) groups excluding carboxylic acids is 1. The zero-order valence-electron chi connectivity index (χ0n) is 12.2. The summed E-state index contributed by atoms with van der Waals surface area (Å²) in [4.78, 5) is 16.8. The van der Waals surface area contributed by atoms with Crippen LogP contribution in [0.5, 0.6) is 5.75 Å². The highest BCUT2D eigenvalue weighted by molar-refractivity contribution is 5.99. The normalized spacial score (nSPS) is 20.2. The second kappa shape index (κ2) is 4.98. The average molecular weight is 296 g/mol. The van der Waals surface area contributed by atoms with Gasteiger partial charge in [-0.05, 0) is 30.5 Å². The molecule has 6 heteroatoms. The molecule has 0 radical (unpaired) electrons. The van der Waals surface area contributed by atoms with E-state index in [0.717, 1.165) is 35.4 Å². The maximum Gasteiger partial charge on any atom is 0.226 e. The first-order chi connectivity index (χ1) is 10.8. The lowest BCUT2D eigenvalue weighted by atomic mass is 9.85. The van der Waals surface area contributed by atoms with Crippen molar-refractivity contribution in [3.63, 3.8) is 0 Å². The molecule has 1 unspecified atom stereocenters. The van der Waals surface area contributed by atoms with E-state index >= 15 is 0 Å². The molecule has 4 rings (SSSR count). The fourth-order valence-corrected chi connectivity index (χ4v) is 3.22. The predicted octanol–water partition coefficient (Wildman–Crippen LogP) is 2.31. The number of Topliss-reactive ketones (excluding diaryl/α,β-unsaturated/α-hetero) is 1. The number of methoxy groups -OCH3 is 1. The molecule has 1 aromatic carbocycles. The third kappa shape index (κ3) is 1.91. The van der Waals surface area contributed by atoms with E-state index < -0.39 is 0 Å². The Morgan fingerprint density at radius 2 is 2.27 bits per heavy atom. The summed E-state index contributed by atoms with van der Waals surface area (Å²) in [7, 11) is 1.64. The Morgan fingerprint density at radius 1 is 1.36 bits per heavy atom. The highest BCUT2D eigenvalue weighted by Gasteiger charge is 2.36. The standard InChI is InChI=1S/C16H16N4O2/c1-22-11-5-2-4-10(8-11)15-14-12(6-3-7-13(14)21)19-16-17-9-18-20(15)16/h2,4-5,8-9,15H,3,6-7H2,1H3,(H,17,18,19). The number of allylic oxidation sites excluding steroid dienone is 2. The summed E-state index contributed by atoms with van der Waals surface area (Å²) in [5, 5.41) is 7.57. The number of nitrogens with one attached hydrogen (secondary N) is 1. The Bertz CT molecular complexity index is 778. The number of ether oxygens (including phenoxy) is 1. The summed E-state index contributed by atoms with van der Waals surface area (Å²) in [6, 6.07) is 7.53. The fourth-order valence-electron chi connectivity index (χ4n) is 3.22. The van der Waals surface area contributed by atoms with E-state index in [9.17, 15) is 4.79 Å². The number of carbonyl (C=O) groups is 1. The second-order valence-electron chi connectivity index (χ2n) is 5.50. The summed E-state index contributed by atoms with van der Waals surface area (Å²) in [5.41, 5.74) is 2.76. The maximum atomic E-state index is 12.5. The molecular formula is C16H16N4O2. The number of nitrogens with zero attached hydrogens (tertiary/aromatic N) is 3. The van der Waals surface area contributed by atoms with Crippen LogP contribution in [-0.4, -0.2) is 27.7 Å². The van der Waals surface area contributed by atoms with E-state index in [2.05, 4.69) is 15.4 Å². The molecule has 0 spiro atoms. The Balaban J connectivity index is 1.90. The smallest absolute Gasteiger partial charge is 0.226 e. The van der Waals surface area contributed by atoms with Gasteiger partial charge in [-0.25, -0.2) is 4.68 Å². The largest absolute Gasteiger partial charge is 0.497 e. The lowest BCUT2D eigenvalue weighted by Gasteiger charge is -2.32. The minimum absolute atomic E-state index is 0.183.